The molecule has 0 aliphatic carbocycles. The smallest absolute Gasteiger partial charge is 0.322 e. The summed E-state index contributed by atoms with van der Waals surface area (Å²) in [6, 6.07) is 5.35. The van der Waals surface area contributed by atoms with Crippen molar-refractivity contribution < 1.29 is 32.3 Å². The number of nitrogens with zero attached hydrogens (tertiary/aromatic N) is 2. The summed E-state index contributed by atoms with van der Waals surface area (Å²) in [5.41, 5.74) is 4.75. The van der Waals surface area contributed by atoms with Gasteiger partial charge in [0.25, 0.3) is 17.7 Å². The molecule has 1 saturated heterocycles. The lowest BCUT2D eigenvalue weighted by Crippen LogP contribution is -2.53. The lowest BCUT2D eigenvalue weighted by Gasteiger charge is -2.31. The van der Waals surface area contributed by atoms with Crippen LogP contribution in [0, 0.1) is 0 Å². The van der Waals surface area contributed by atoms with Gasteiger partial charge in [0, 0.05) is 23.9 Å². The Morgan fingerprint density at radius 1 is 1.29 bits per heavy atom. The minimum Gasteiger partial charge on any atom is -0.497 e. The van der Waals surface area contributed by atoms with E-state index >= 15 is 0 Å². The van der Waals surface area contributed by atoms with Crippen molar-refractivity contribution >= 4 is 39.6 Å². The van der Waals surface area contributed by atoms with Gasteiger partial charge in [0.2, 0.25) is 10.0 Å². The largest absolute Gasteiger partial charge is 0.497 e. The van der Waals surface area contributed by atoms with E-state index in [0.29, 0.717) is 16.9 Å². The Hall–Kier alpha value is -4.20. The summed E-state index contributed by atoms with van der Waals surface area (Å²) in [4.78, 5) is 55.8. The summed E-state index contributed by atoms with van der Waals surface area (Å²) < 4.78 is 29.9. The molecule has 0 radical (unpaired) electrons. The molecule has 4 rings (SSSR count). The molecule has 178 valence electrons. The summed E-state index contributed by atoms with van der Waals surface area (Å²) in [7, 11) is -2.44. The number of carbonyl (C=O) groups is 4. The van der Waals surface area contributed by atoms with Gasteiger partial charge in [-0.2, -0.15) is 0 Å². The quantitative estimate of drug-likeness (QED) is 0.371. The van der Waals surface area contributed by atoms with E-state index in [2.05, 4.69) is 15.6 Å². The third-order valence-electron chi connectivity index (χ3n) is 5.50. The lowest BCUT2D eigenvalue weighted by atomic mass is 9.89. The maximum atomic E-state index is 13.1. The number of rotatable bonds is 6. The molecule has 1 atom stereocenters. The maximum Gasteiger partial charge on any atom is 0.322 e. The highest BCUT2D eigenvalue weighted by Gasteiger charge is 2.51. The van der Waals surface area contributed by atoms with Crippen LogP contribution in [0.3, 0.4) is 0 Å². The molecule has 5 N–H and O–H groups in total. The van der Waals surface area contributed by atoms with Crippen molar-refractivity contribution in [2.45, 2.75) is 12.1 Å². The molecular weight excluding hydrogens is 468 g/mol. The van der Waals surface area contributed by atoms with Gasteiger partial charge in [-0.05, 0) is 23.8 Å². The van der Waals surface area contributed by atoms with Gasteiger partial charge in [-0.1, -0.05) is 6.07 Å². The van der Waals surface area contributed by atoms with Crippen molar-refractivity contribution in [2.75, 3.05) is 25.6 Å². The van der Waals surface area contributed by atoms with Crippen molar-refractivity contribution in [2.24, 2.45) is 0 Å². The maximum absolute atomic E-state index is 13.1. The van der Waals surface area contributed by atoms with Crippen molar-refractivity contribution in [1.29, 1.82) is 0 Å². The van der Waals surface area contributed by atoms with Crippen LogP contribution in [0.1, 0.15) is 31.8 Å². The Morgan fingerprint density at radius 2 is 2.03 bits per heavy atom. The number of urea groups is 1. The minimum atomic E-state index is -3.91. The topological polar surface area (TPSA) is 190 Å². The number of nitrogens with one attached hydrogen (secondary N) is 3. The first-order valence-electron chi connectivity index (χ1n) is 9.81. The minimum absolute atomic E-state index is 0.0324. The van der Waals surface area contributed by atoms with E-state index in [-0.39, 0.29) is 35.9 Å². The number of nitrogen functional groups attached to an aromatic ring is 1. The van der Waals surface area contributed by atoms with Gasteiger partial charge in [0.05, 0.1) is 25.5 Å². The van der Waals surface area contributed by atoms with Crippen molar-refractivity contribution in [1.82, 2.24) is 25.2 Å². The highest BCUT2D eigenvalue weighted by Crippen LogP contribution is 2.33. The molecule has 14 heteroatoms. The van der Waals surface area contributed by atoms with Gasteiger partial charge in [-0.25, -0.2) is 22.9 Å². The van der Waals surface area contributed by atoms with Crippen LogP contribution >= 0.6 is 0 Å². The summed E-state index contributed by atoms with van der Waals surface area (Å²) >= 11 is 0. The molecule has 0 saturated carbocycles. The van der Waals surface area contributed by atoms with Crippen molar-refractivity contribution in [3.63, 3.8) is 0 Å². The lowest BCUT2D eigenvalue weighted by molar-refractivity contribution is -0.124. The first-order valence-corrected chi connectivity index (χ1v) is 11.7. The van der Waals surface area contributed by atoms with Gasteiger partial charge in [-0.3, -0.25) is 19.7 Å². The third kappa shape index (κ3) is 3.98. The van der Waals surface area contributed by atoms with Crippen molar-refractivity contribution in [3.05, 3.63) is 52.7 Å². The zero-order valence-corrected chi connectivity index (χ0v) is 18.9. The number of benzene rings is 1. The number of hydrogen-bond acceptors (Lipinski definition) is 9. The highest BCUT2D eigenvalue weighted by atomic mass is 32.2. The summed E-state index contributed by atoms with van der Waals surface area (Å²) in [6.07, 6.45) is 1.96. The number of imide groups is 1. The first kappa shape index (κ1) is 23.0. The number of anilines is 1. The van der Waals surface area contributed by atoms with Crippen LogP contribution in [0.4, 0.5) is 10.6 Å². The number of ether oxygens (including phenoxy) is 1. The molecule has 0 spiro atoms. The summed E-state index contributed by atoms with van der Waals surface area (Å²) in [6.45, 7) is -0.133. The molecule has 5 amide bonds. The van der Waals surface area contributed by atoms with Crippen LogP contribution in [0.5, 0.6) is 5.75 Å². The van der Waals surface area contributed by atoms with Crippen LogP contribution in [-0.4, -0.2) is 62.0 Å². The van der Waals surface area contributed by atoms with Gasteiger partial charge < -0.3 is 20.7 Å². The second-order valence-electron chi connectivity index (χ2n) is 7.86. The second kappa shape index (κ2) is 7.98. The average molecular weight is 488 g/mol. The molecule has 1 aromatic carbocycles. The van der Waals surface area contributed by atoms with Gasteiger partial charge in [-0.15, -0.1) is 0 Å². The Morgan fingerprint density at radius 3 is 2.65 bits per heavy atom. The fourth-order valence-electron chi connectivity index (χ4n) is 3.89. The molecule has 2 aliphatic heterocycles. The first-order chi connectivity index (χ1) is 15.9. The molecule has 13 nitrogen and oxygen atoms in total. The van der Waals surface area contributed by atoms with E-state index in [1.165, 1.54) is 18.2 Å². The number of carbonyl (C=O) groups excluding carboxylic acids is 4. The molecule has 34 heavy (non-hydrogen) atoms. The Balaban J connectivity index is 1.73. The van der Waals surface area contributed by atoms with Crippen LogP contribution in [0.15, 0.2) is 30.5 Å². The van der Waals surface area contributed by atoms with Crippen LogP contribution in [0.25, 0.3) is 0 Å². The standard InChI is InChI=1S/C20H20N6O7S/c1-33-12-4-3-10-8-26(17(28)13(10)6-12)9-20(18(29)23-19(30)24-20)11-5-14(15(21)22-7-11)16(27)25-34(2,31)32/h3-7H,8-9H2,1-2H3,(H2,21,22)(H,25,27)(H2,23,24,29,30)/t20-/m0/s1. The summed E-state index contributed by atoms with van der Waals surface area (Å²) in [5.74, 6) is -2.03. The summed E-state index contributed by atoms with van der Waals surface area (Å²) in [5, 5.41) is 4.65. The third-order valence-corrected chi connectivity index (χ3v) is 6.06. The molecular formula is C20H20N6O7S. The number of aromatic nitrogens is 1. The van der Waals surface area contributed by atoms with E-state index in [0.717, 1.165) is 12.3 Å². The molecule has 0 bridgehead atoms. The molecule has 3 heterocycles. The number of nitrogens with two attached hydrogens (primary N) is 1. The normalized spacial score (nSPS) is 19.5. The van der Waals surface area contributed by atoms with Gasteiger partial charge >= 0.3 is 6.03 Å². The monoisotopic (exact) mass is 488 g/mol. The predicted octanol–water partition coefficient (Wildman–Crippen LogP) is -0.947. The second-order valence-corrected chi connectivity index (χ2v) is 9.61. The Kier molecular flexibility index (Phi) is 5.39. The molecule has 0 unspecified atom stereocenters. The van der Waals surface area contributed by atoms with Crippen molar-refractivity contribution in [3.8, 4) is 5.75 Å². The number of pyridine rings is 1. The van der Waals surface area contributed by atoms with Crippen LogP contribution < -0.4 is 25.8 Å². The van der Waals surface area contributed by atoms with Gasteiger partial charge in [0.1, 0.15) is 11.6 Å². The van der Waals surface area contributed by atoms with Gasteiger partial charge in [0.15, 0.2) is 5.54 Å². The number of methoxy groups -OCH3 is 1. The zero-order valence-electron chi connectivity index (χ0n) is 18.0. The fourth-order valence-corrected chi connectivity index (χ4v) is 4.34. The molecule has 1 aromatic heterocycles. The number of sulfonamides is 1. The molecule has 1 fully saturated rings. The Labute approximate surface area is 193 Å². The van der Waals surface area contributed by atoms with Crippen LogP contribution in [-0.2, 0) is 26.9 Å². The number of fused-ring (bicyclic) bond motifs is 1. The number of hydrogen-bond donors (Lipinski definition) is 4. The molecule has 2 aromatic rings. The van der Waals surface area contributed by atoms with E-state index < -0.39 is 33.4 Å². The fraction of sp³-hybridized carbons (Fsp3) is 0.250. The number of amides is 5. The zero-order chi connectivity index (χ0) is 24.8. The SMILES string of the molecule is COc1ccc2c(c1)C(=O)N(C[C@@]1(c3cnc(N)c(C(=O)NS(C)(=O)=O)c3)NC(=O)NC1=O)C2. The van der Waals surface area contributed by atoms with E-state index in [1.54, 1.807) is 22.9 Å². The van der Waals surface area contributed by atoms with E-state index in [1.807, 2.05) is 0 Å². The highest BCUT2D eigenvalue weighted by molar-refractivity contribution is 7.89. The van der Waals surface area contributed by atoms with E-state index in [9.17, 15) is 27.6 Å². The average Bonchev–Trinajstić information content (AvgIpc) is 3.22. The Bertz CT molecular complexity index is 1360. The van der Waals surface area contributed by atoms with Crippen LogP contribution in [0.2, 0.25) is 0 Å². The van der Waals surface area contributed by atoms with E-state index in [4.69, 9.17) is 10.5 Å². The predicted molar refractivity (Wildman–Crippen MR) is 117 cm³/mol. The molecule has 2 aliphatic rings.